The van der Waals surface area contributed by atoms with Gasteiger partial charge in [-0.25, -0.2) is 18.7 Å². The lowest BCUT2D eigenvalue weighted by Gasteiger charge is -2.07. The highest BCUT2D eigenvalue weighted by atomic mass is 19.1. The van der Waals surface area contributed by atoms with Crippen LogP contribution in [0.15, 0.2) is 73.1 Å². The summed E-state index contributed by atoms with van der Waals surface area (Å²) in [5, 5.41) is 10.4. The molecule has 34 heavy (non-hydrogen) atoms. The van der Waals surface area contributed by atoms with Crippen LogP contribution in [0.4, 0.5) is 31.8 Å². The Morgan fingerprint density at radius 3 is 1.68 bits per heavy atom. The Hall–Kier alpha value is -5.00. The largest absolute Gasteiger partial charge is 0.454 e. The van der Waals surface area contributed by atoms with E-state index in [0.29, 0.717) is 23.0 Å². The van der Waals surface area contributed by atoms with Crippen molar-refractivity contribution >= 4 is 23.0 Å². The molecule has 2 heterocycles. The van der Waals surface area contributed by atoms with E-state index in [9.17, 15) is 18.9 Å². The maximum Gasteiger partial charge on any atom is 0.272 e. The van der Waals surface area contributed by atoms with Gasteiger partial charge in [0.1, 0.15) is 23.1 Å². The summed E-state index contributed by atoms with van der Waals surface area (Å²) >= 11 is 0. The highest BCUT2D eigenvalue weighted by Crippen LogP contribution is 2.28. The van der Waals surface area contributed by atoms with Crippen LogP contribution in [0.2, 0.25) is 0 Å². The van der Waals surface area contributed by atoms with E-state index in [1.807, 2.05) is 0 Å². The number of hydrogen-bond acceptors (Lipinski definition) is 9. The minimum Gasteiger partial charge on any atom is -0.454 e. The summed E-state index contributed by atoms with van der Waals surface area (Å²) < 4.78 is 37.4. The number of rotatable bonds is 5. The first-order chi connectivity index (χ1) is 16.2. The average Bonchev–Trinajstić information content (AvgIpc) is 2.78. The van der Waals surface area contributed by atoms with Gasteiger partial charge in [0.15, 0.2) is 23.1 Å². The summed E-state index contributed by atoms with van der Waals surface area (Å²) in [5.74, 6) is -0.0874. The van der Waals surface area contributed by atoms with E-state index in [1.54, 1.807) is 12.1 Å². The summed E-state index contributed by atoms with van der Waals surface area (Å²) in [6.45, 7) is 0. The first kappa shape index (κ1) is 23.7. The van der Waals surface area contributed by atoms with Gasteiger partial charge in [-0.3, -0.25) is 10.1 Å². The second kappa shape index (κ2) is 10.5. The topological polar surface area (TPSA) is 165 Å². The molecule has 0 bridgehead atoms. The predicted octanol–water partition coefficient (Wildman–Crippen LogP) is 4.68. The van der Waals surface area contributed by atoms with E-state index < -0.39 is 16.6 Å². The predicted molar refractivity (Wildman–Crippen MR) is 121 cm³/mol. The maximum atomic E-state index is 13.5. The van der Waals surface area contributed by atoms with Crippen LogP contribution in [0.25, 0.3) is 0 Å². The molecule has 0 aliphatic heterocycles. The molecule has 12 heteroatoms. The van der Waals surface area contributed by atoms with Crippen molar-refractivity contribution in [2.45, 2.75) is 0 Å². The van der Waals surface area contributed by atoms with Crippen molar-refractivity contribution in [3.05, 3.63) is 94.8 Å². The molecule has 0 aliphatic carbocycles. The quantitative estimate of drug-likeness (QED) is 0.214. The van der Waals surface area contributed by atoms with Crippen molar-refractivity contribution in [2.75, 3.05) is 17.2 Å². The number of nitrogen functional groups attached to an aromatic ring is 3. The normalized spacial score (nSPS) is 10.1. The van der Waals surface area contributed by atoms with Crippen molar-refractivity contribution in [3.8, 4) is 23.0 Å². The molecule has 174 valence electrons. The smallest absolute Gasteiger partial charge is 0.272 e. The van der Waals surface area contributed by atoms with Crippen LogP contribution < -0.4 is 26.7 Å². The second-order valence-electron chi connectivity index (χ2n) is 6.60. The van der Waals surface area contributed by atoms with Crippen LogP contribution in [-0.2, 0) is 0 Å². The van der Waals surface area contributed by atoms with E-state index in [4.69, 9.17) is 26.7 Å². The van der Waals surface area contributed by atoms with Crippen LogP contribution in [-0.4, -0.2) is 14.9 Å². The fourth-order valence-corrected chi connectivity index (χ4v) is 2.52. The summed E-state index contributed by atoms with van der Waals surface area (Å²) in [5.41, 5.74) is 16.3. The molecule has 0 atom stereocenters. The maximum absolute atomic E-state index is 13.5. The van der Waals surface area contributed by atoms with Crippen LogP contribution in [0, 0.1) is 21.7 Å². The van der Waals surface area contributed by atoms with Gasteiger partial charge in [-0.05, 0) is 30.3 Å². The lowest BCUT2D eigenvalue weighted by Crippen LogP contribution is -1.94. The third-order valence-electron chi connectivity index (χ3n) is 4.04. The molecule has 4 rings (SSSR count). The van der Waals surface area contributed by atoms with Crippen molar-refractivity contribution in [2.24, 2.45) is 0 Å². The number of anilines is 3. The van der Waals surface area contributed by atoms with E-state index >= 15 is 0 Å². The third kappa shape index (κ3) is 6.50. The number of benzene rings is 2. The minimum atomic E-state index is -0.820. The minimum absolute atomic E-state index is 0.0970. The van der Waals surface area contributed by atoms with Crippen LogP contribution in [0.1, 0.15) is 0 Å². The van der Waals surface area contributed by atoms with Crippen molar-refractivity contribution < 1.29 is 23.2 Å². The average molecular weight is 468 g/mol. The number of nitrogens with zero attached hydrogens (tertiary/aromatic N) is 3. The number of ether oxygens (including phenoxy) is 2. The number of nitro benzene ring substituents is 1. The van der Waals surface area contributed by atoms with Crippen LogP contribution in [0.3, 0.4) is 0 Å². The van der Waals surface area contributed by atoms with Gasteiger partial charge in [0.2, 0.25) is 0 Å². The SMILES string of the molecule is Nc1cc(Oc2ccc([N+](=O)[O-])cc2F)ccn1.Nc1ccc(Oc2ccnc(N)c2)c(F)c1. The van der Waals surface area contributed by atoms with Crippen molar-refractivity contribution in [1.29, 1.82) is 0 Å². The van der Waals surface area contributed by atoms with E-state index in [1.165, 1.54) is 48.8 Å². The standard InChI is InChI=1S/C11H8FN3O3.C11H10FN3O/c12-9-5-7(15(16)17)1-2-10(9)18-8-3-4-14-11(13)6-8;12-9-5-7(13)1-2-10(9)16-8-3-4-15-11(14)6-8/h1-6H,(H2,13,14);1-6H,13H2,(H2,14,15). The Morgan fingerprint density at radius 2 is 1.24 bits per heavy atom. The van der Waals surface area contributed by atoms with Gasteiger partial charge in [-0.1, -0.05) is 0 Å². The Morgan fingerprint density at radius 1 is 0.735 bits per heavy atom. The molecule has 2 aromatic heterocycles. The van der Waals surface area contributed by atoms with Crippen molar-refractivity contribution in [1.82, 2.24) is 9.97 Å². The Bertz CT molecular complexity index is 1320. The number of pyridine rings is 2. The molecule has 0 aliphatic rings. The summed E-state index contributed by atoms with van der Waals surface area (Å²) in [7, 11) is 0. The van der Waals surface area contributed by atoms with E-state index in [-0.39, 0.29) is 23.0 Å². The first-order valence-corrected chi connectivity index (χ1v) is 9.49. The van der Waals surface area contributed by atoms with Gasteiger partial charge in [-0.15, -0.1) is 0 Å². The van der Waals surface area contributed by atoms with Gasteiger partial charge in [-0.2, -0.15) is 0 Å². The lowest BCUT2D eigenvalue weighted by atomic mass is 10.3. The number of non-ortho nitro benzene ring substituents is 1. The van der Waals surface area contributed by atoms with Crippen LogP contribution >= 0.6 is 0 Å². The number of hydrogen-bond donors (Lipinski definition) is 3. The molecule has 0 saturated heterocycles. The molecular weight excluding hydrogens is 450 g/mol. The Labute approximate surface area is 191 Å². The van der Waals surface area contributed by atoms with E-state index in [2.05, 4.69) is 9.97 Å². The number of nitro groups is 1. The molecule has 6 N–H and O–H groups in total. The number of nitrogens with two attached hydrogens (primary N) is 3. The molecular formula is C22H18F2N6O4. The van der Waals surface area contributed by atoms with Crippen LogP contribution in [0.5, 0.6) is 23.0 Å². The molecule has 0 unspecified atom stereocenters. The van der Waals surface area contributed by atoms with Gasteiger partial charge in [0.25, 0.3) is 5.69 Å². The van der Waals surface area contributed by atoms with E-state index in [0.717, 1.165) is 12.1 Å². The summed E-state index contributed by atoms with van der Waals surface area (Å²) in [4.78, 5) is 17.3. The monoisotopic (exact) mass is 468 g/mol. The number of halogens is 2. The molecule has 4 aromatic rings. The summed E-state index contributed by atoms with van der Waals surface area (Å²) in [6.07, 6.45) is 2.90. The molecule has 10 nitrogen and oxygen atoms in total. The molecule has 0 amide bonds. The zero-order valence-corrected chi connectivity index (χ0v) is 17.4. The van der Waals surface area contributed by atoms with Gasteiger partial charge in [0.05, 0.1) is 11.0 Å². The molecule has 2 aromatic carbocycles. The van der Waals surface area contributed by atoms with Gasteiger partial charge in [0, 0.05) is 42.3 Å². The molecule has 0 fully saturated rings. The summed E-state index contributed by atoms with van der Waals surface area (Å²) in [6, 6.07) is 13.4. The zero-order valence-electron chi connectivity index (χ0n) is 17.4. The molecule has 0 saturated carbocycles. The van der Waals surface area contributed by atoms with Gasteiger partial charge < -0.3 is 26.7 Å². The third-order valence-corrected chi connectivity index (χ3v) is 4.04. The Kier molecular flexibility index (Phi) is 7.34. The molecule has 0 radical (unpaired) electrons. The fraction of sp³-hybridized carbons (Fsp3) is 0. The second-order valence-corrected chi connectivity index (χ2v) is 6.60. The highest BCUT2D eigenvalue weighted by Gasteiger charge is 2.12. The zero-order chi connectivity index (χ0) is 24.7. The van der Waals surface area contributed by atoms with Gasteiger partial charge >= 0.3 is 0 Å². The Balaban J connectivity index is 0.000000192. The first-order valence-electron chi connectivity index (χ1n) is 9.49. The number of aromatic nitrogens is 2. The lowest BCUT2D eigenvalue weighted by molar-refractivity contribution is -0.385. The fourth-order valence-electron chi connectivity index (χ4n) is 2.52. The highest BCUT2D eigenvalue weighted by molar-refractivity contribution is 5.45. The van der Waals surface area contributed by atoms with Crippen molar-refractivity contribution in [3.63, 3.8) is 0 Å². The molecule has 0 spiro atoms.